The van der Waals surface area contributed by atoms with E-state index in [-0.39, 0.29) is 25.0 Å². The standard InChI is InChI=1S/C21H18ClN3O4S/c1-12-7-14(4-5-15(12)22)28-9-19(26)24-21-23-16(11-30-21)13-3-6-18-17(8-13)25(2)20(27)10-29-18/h3-8,11H,9-10H2,1-2H3,(H,23,24,26). The zero-order chi connectivity index (χ0) is 21.3. The quantitative estimate of drug-likeness (QED) is 0.640. The Morgan fingerprint density at radius 3 is 2.97 bits per heavy atom. The van der Waals surface area contributed by atoms with Crippen molar-refractivity contribution in [2.45, 2.75) is 6.92 Å². The number of amides is 2. The van der Waals surface area contributed by atoms with Crippen molar-refractivity contribution in [1.29, 1.82) is 0 Å². The molecule has 0 spiro atoms. The Balaban J connectivity index is 1.41. The normalized spacial score (nSPS) is 12.9. The Labute approximate surface area is 182 Å². The summed E-state index contributed by atoms with van der Waals surface area (Å²) in [4.78, 5) is 30.1. The van der Waals surface area contributed by atoms with Crippen molar-refractivity contribution in [1.82, 2.24) is 4.98 Å². The van der Waals surface area contributed by atoms with Gasteiger partial charge in [-0.2, -0.15) is 0 Å². The molecule has 1 aromatic heterocycles. The molecule has 0 unspecified atom stereocenters. The average Bonchev–Trinajstić information content (AvgIpc) is 3.20. The lowest BCUT2D eigenvalue weighted by atomic mass is 10.1. The average molecular weight is 444 g/mol. The molecule has 0 bridgehead atoms. The zero-order valence-corrected chi connectivity index (χ0v) is 17.8. The smallest absolute Gasteiger partial charge is 0.264 e. The number of hydrogen-bond acceptors (Lipinski definition) is 6. The van der Waals surface area contributed by atoms with Crippen LogP contribution < -0.4 is 19.7 Å². The summed E-state index contributed by atoms with van der Waals surface area (Å²) < 4.78 is 11.0. The van der Waals surface area contributed by atoms with Crippen molar-refractivity contribution in [2.75, 3.05) is 30.5 Å². The van der Waals surface area contributed by atoms with Gasteiger partial charge in [0.05, 0.1) is 11.4 Å². The number of aryl methyl sites for hydroxylation is 1. The van der Waals surface area contributed by atoms with Crippen LogP contribution >= 0.6 is 22.9 Å². The highest BCUT2D eigenvalue weighted by Gasteiger charge is 2.23. The first-order valence-electron chi connectivity index (χ1n) is 9.09. The van der Waals surface area contributed by atoms with Crippen molar-refractivity contribution in [2.24, 2.45) is 0 Å². The van der Waals surface area contributed by atoms with E-state index in [1.54, 1.807) is 30.1 Å². The molecule has 1 N–H and O–H groups in total. The number of likely N-dealkylation sites (N-methyl/N-ethyl adjacent to an activating group) is 1. The Morgan fingerprint density at radius 2 is 2.17 bits per heavy atom. The fourth-order valence-electron chi connectivity index (χ4n) is 2.91. The SMILES string of the molecule is Cc1cc(OCC(=O)Nc2nc(-c3ccc4c(c3)N(C)C(=O)CO4)cs2)ccc1Cl. The Bertz CT molecular complexity index is 1130. The maximum atomic E-state index is 12.2. The molecule has 0 radical (unpaired) electrons. The Morgan fingerprint density at radius 1 is 1.33 bits per heavy atom. The van der Waals surface area contributed by atoms with Crippen LogP contribution in [0.3, 0.4) is 0 Å². The molecule has 4 rings (SSSR count). The molecule has 0 saturated heterocycles. The van der Waals surface area contributed by atoms with E-state index in [1.165, 1.54) is 11.3 Å². The number of rotatable bonds is 5. The van der Waals surface area contributed by atoms with Gasteiger partial charge in [0, 0.05) is 23.0 Å². The summed E-state index contributed by atoms with van der Waals surface area (Å²) in [5.41, 5.74) is 3.08. The maximum Gasteiger partial charge on any atom is 0.264 e. The predicted molar refractivity (Wildman–Crippen MR) is 117 cm³/mol. The topological polar surface area (TPSA) is 80.8 Å². The van der Waals surface area contributed by atoms with E-state index in [2.05, 4.69) is 10.3 Å². The number of fused-ring (bicyclic) bond motifs is 1. The first-order valence-corrected chi connectivity index (χ1v) is 10.3. The van der Waals surface area contributed by atoms with Crippen molar-refractivity contribution < 1.29 is 19.1 Å². The number of aromatic nitrogens is 1. The van der Waals surface area contributed by atoms with E-state index in [0.717, 1.165) is 11.1 Å². The molecule has 2 aromatic carbocycles. The van der Waals surface area contributed by atoms with Crippen LogP contribution in [-0.4, -0.2) is 37.1 Å². The Hall–Kier alpha value is -3.10. The number of ether oxygens (including phenoxy) is 2. The number of thiazole rings is 1. The molecule has 0 fully saturated rings. The minimum atomic E-state index is -0.312. The highest BCUT2D eigenvalue weighted by atomic mass is 35.5. The molecule has 9 heteroatoms. The van der Waals surface area contributed by atoms with Crippen LogP contribution in [0.2, 0.25) is 5.02 Å². The number of nitrogens with zero attached hydrogens (tertiary/aromatic N) is 2. The second-order valence-electron chi connectivity index (χ2n) is 6.71. The summed E-state index contributed by atoms with van der Waals surface area (Å²) in [6.45, 7) is 1.76. The van der Waals surface area contributed by atoms with E-state index < -0.39 is 0 Å². The van der Waals surface area contributed by atoms with Gasteiger partial charge in [0.15, 0.2) is 18.3 Å². The van der Waals surface area contributed by atoms with Gasteiger partial charge in [-0.25, -0.2) is 4.98 Å². The molecule has 154 valence electrons. The van der Waals surface area contributed by atoms with E-state index in [0.29, 0.717) is 33.0 Å². The lowest BCUT2D eigenvalue weighted by molar-refractivity contribution is -0.121. The van der Waals surface area contributed by atoms with Crippen molar-refractivity contribution in [3.63, 3.8) is 0 Å². The number of benzene rings is 2. The number of anilines is 2. The zero-order valence-electron chi connectivity index (χ0n) is 16.3. The monoisotopic (exact) mass is 443 g/mol. The lowest BCUT2D eigenvalue weighted by Crippen LogP contribution is -2.35. The van der Waals surface area contributed by atoms with Gasteiger partial charge in [-0.05, 0) is 48.9 Å². The van der Waals surface area contributed by atoms with Gasteiger partial charge in [-0.3, -0.25) is 14.9 Å². The molecule has 1 aliphatic heterocycles. The number of halogens is 1. The number of nitrogens with one attached hydrogen (secondary N) is 1. The summed E-state index contributed by atoms with van der Waals surface area (Å²) >= 11 is 7.30. The molecule has 30 heavy (non-hydrogen) atoms. The molecule has 3 aromatic rings. The third kappa shape index (κ3) is 4.24. The van der Waals surface area contributed by atoms with Gasteiger partial charge in [0.1, 0.15) is 11.5 Å². The van der Waals surface area contributed by atoms with E-state index in [9.17, 15) is 9.59 Å². The molecule has 0 atom stereocenters. The van der Waals surface area contributed by atoms with Gasteiger partial charge in [-0.15, -0.1) is 11.3 Å². The summed E-state index contributed by atoms with van der Waals surface area (Å²) in [5.74, 6) is 0.801. The predicted octanol–water partition coefficient (Wildman–Crippen LogP) is 4.14. The minimum absolute atomic E-state index is 0.0351. The molecule has 0 saturated carbocycles. The molecule has 2 heterocycles. The maximum absolute atomic E-state index is 12.2. The van der Waals surface area contributed by atoms with Crippen molar-refractivity contribution in [3.05, 3.63) is 52.4 Å². The lowest BCUT2D eigenvalue weighted by Gasteiger charge is -2.26. The Kier molecular flexibility index (Phi) is 5.61. The van der Waals surface area contributed by atoms with Gasteiger partial charge in [0.25, 0.3) is 11.8 Å². The molecule has 7 nitrogen and oxygen atoms in total. The highest BCUT2D eigenvalue weighted by molar-refractivity contribution is 7.14. The number of carbonyl (C=O) groups is 2. The van der Waals surface area contributed by atoms with Crippen LogP contribution in [0.4, 0.5) is 10.8 Å². The first-order chi connectivity index (χ1) is 14.4. The molecular formula is C21H18ClN3O4S. The van der Waals surface area contributed by atoms with E-state index >= 15 is 0 Å². The van der Waals surface area contributed by atoms with Gasteiger partial charge < -0.3 is 14.4 Å². The van der Waals surface area contributed by atoms with Crippen LogP contribution in [0.25, 0.3) is 11.3 Å². The molecule has 0 aliphatic carbocycles. The first kappa shape index (κ1) is 20.2. The third-order valence-electron chi connectivity index (χ3n) is 4.59. The fourth-order valence-corrected chi connectivity index (χ4v) is 3.76. The van der Waals surface area contributed by atoms with Crippen molar-refractivity contribution in [3.8, 4) is 22.8 Å². The van der Waals surface area contributed by atoms with Gasteiger partial charge >= 0.3 is 0 Å². The van der Waals surface area contributed by atoms with Crippen LogP contribution in [0, 0.1) is 6.92 Å². The molecule has 1 aliphatic rings. The summed E-state index contributed by atoms with van der Waals surface area (Å²) in [7, 11) is 1.71. The van der Waals surface area contributed by atoms with Gasteiger partial charge in [0.2, 0.25) is 0 Å². The van der Waals surface area contributed by atoms with E-state index in [4.69, 9.17) is 21.1 Å². The van der Waals surface area contributed by atoms with E-state index in [1.807, 2.05) is 30.5 Å². The summed E-state index contributed by atoms with van der Waals surface area (Å²) in [5, 5.41) is 5.68. The third-order valence-corrected chi connectivity index (χ3v) is 5.77. The largest absolute Gasteiger partial charge is 0.484 e. The second kappa shape index (κ2) is 8.33. The van der Waals surface area contributed by atoms with Crippen LogP contribution in [0.15, 0.2) is 41.8 Å². The van der Waals surface area contributed by atoms with Crippen LogP contribution in [0.5, 0.6) is 11.5 Å². The number of carbonyl (C=O) groups excluding carboxylic acids is 2. The summed E-state index contributed by atoms with van der Waals surface area (Å²) in [6, 6.07) is 10.7. The second-order valence-corrected chi connectivity index (χ2v) is 7.97. The van der Waals surface area contributed by atoms with Crippen LogP contribution in [-0.2, 0) is 9.59 Å². The summed E-state index contributed by atoms with van der Waals surface area (Å²) in [6.07, 6.45) is 0. The molecular weight excluding hydrogens is 426 g/mol. The molecule has 2 amide bonds. The van der Waals surface area contributed by atoms with Crippen molar-refractivity contribution >= 4 is 45.6 Å². The fraction of sp³-hybridized carbons (Fsp3) is 0.190. The highest BCUT2D eigenvalue weighted by Crippen LogP contribution is 2.36. The minimum Gasteiger partial charge on any atom is -0.484 e. The van der Waals surface area contributed by atoms with Gasteiger partial charge in [-0.1, -0.05) is 11.6 Å². The van der Waals surface area contributed by atoms with Crippen LogP contribution in [0.1, 0.15) is 5.56 Å². The number of hydrogen-bond donors (Lipinski definition) is 1.